The van der Waals surface area contributed by atoms with E-state index in [-0.39, 0.29) is 18.1 Å². The molecule has 3 aromatic rings. The third kappa shape index (κ3) is 5.39. The predicted molar refractivity (Wildman–Crippen MR) is 119 cm³/mol. The Hall–Kier alpha value is -2.97. The topological polar surface area (TPSA) is 90.3 Å². The van der Waals surface area contributed by atoms with Gasteiger partial charge in [0.1, 0.15) is 0 Å². The molecule has 0 aliphatic carbocycles. The Balaban J connectivity index is 1.67. The summed E-state index contributed by atoms with van der Waals surface area (Å²) < 4.78 is 7.11. The fraction of sp³-hybridized carbons (Fsp3) is 0.273. The molecule has 0 aliphatic heterocycles. The highest BCUT2D eigenvalue weighted by atomic mass is 35.5. The standard InChI is InChI=1S/C22H22ClN3O4S/c1-13-10-17(14(2)26(13)22-24-8-9-31-22)20(28)12-30-21(29)11-19(25-15(3)27)16-6-4-5-7-18(16)23/h4-10,19H,11-12H2,1-3H3,(H,25,27)/t19-/m1/s1. The molecular formula is C22H22ClN3O4S. The zero-order valence-electron chi connectivity index (χ0n) is 17.3. The molecule has 31 heavy (non-hydrogen) atoms. The van der Waals surface area contributed by atoms with Crippen LogP contribution in [-0.4, -0.2) is 33.8 Å². The van der Waals surface area contributed by atoms with E-state index in [0.717, 1.165) is 16.5 Å². The van der Waals surface area contributed by atoms with Gasteiger partial charge in [-0.05, 0) is 31.5 Å². The van der Waals surface area contributed by atoms with Gasteiger partial charge in [-0.15, -0.1) is 11.3 Å². The number of nitrogens with one attached hydrogen (secondary N) is 1. The average Bonchev–Trinajstić information content (AvgIpc) is 3.33. The van der Waals surface area contributed by atoms with Gasteiger partial charge in [-0.1, -0.05) is 29.8 Å². The number of amides is 1. The molecule has 9 heteroatoms. The van der Waals surface area contributed by atoms with E-state index >= 15 is 0 Å². The second-order valence-electron chi connectivity index (χ2n) is 7.00. The van der Waals surface area contributed by atoms with E-state index in [1.165, 1.54) is 18.3 Å². The van der Waals surface area contributed by atoms with E-state index in [1.54, 1.807) is 36.5 Å². The fourth-order valence-corrected chi connectivity index (χ4v) is 4.38. The maximum atomic E-state index is 12.7. The lowest BCUT2D eigenvalue weighted by molar-refractivity contribution is -0.143. The number of benzene rings is 1. The van der Waals surface area contributed by atoms with Gasteiger partial charge >= 0.3 is 5.97 Å². The van der Waals surface area contributed by atoms with Crippen molar-refractivity contribution in [3.63, 3.8) is 0 Å². The van der Waals surface area contributed by atoms with Crippen LogP contribution in [0.15, 0.2) is 41.9 Å². The van der Waals surface area contributed by atoms with Crippen molar-refractivity contribution in [2.24, 2.45) is 0 Å². The lowest BCUT2D eigenvalue weighted by atomic mass is 10.0. The number of aromatic nitrogens is 2. The number of Topliss-reactive ketones (excluding diaryl/α,β-unsaturated/α-hetero) is 1. The smallest absolute Gasteiger partial charge is 0.308 e. The van der Waals surface area contributed by atoms with E-state index in [9.17, 15) is 14.4 Å². The predicted octanol–water partition coefficient (Wildman–Crippen LogP) is 4.20. The maximum absolute atomic E-state index is 12.7. The number of hydrogen-bond donors (Lipinski definition) is 1. The zero-order valence-corrected chi connectivity index (χ0v) is 18.9. The summed E-state index contributed by atoms with van der Waals surface area (Å²) in [5.41, 5.74) is 2.69. The number of halogens is 1. The van der Waals surface area contributed by atoms with Crippen LogP contribution >= 0.6 is 22.9 Å². The van der Waals surface area contributed by atoms with Crippen molar-refractivity contribution in [2.75, 3.05) is 6.61 Å². The molecule has 0 fully saturated rings. The summed E-state index contributed by atoms with van der Waals surface area (Å²) in [5, 5.41) is 5.77. The first-order valence-electron chi connectivity index (χ1n) is 9.57. The molecule has 0 saturated heterocycles. The van der Waals surface area contributed by atoms with Crippen LogP contribution in [0.3, 0.4) is 0 Å². The molecule has 1 amide bonds. The molecule has 0 saturated carbocycles. The number of esters is 1. The van der Waals surface area contributed by atoms with E-state index in [2.05, 4.69) is 10.3 Å². The number of ketones is 1. The minimum atomic E-state index is -0.649. The summed E-state index contributed by atoms with van der Waals surface area (Å²) in [4.78, 5) is 41.0. The lowest BCUT2D eigenvalue weighted by Crippen LogP contribution is -2.29. The van der Waals surface area contributed by atoms with Gasteiger partial charge in [0.25, 0.3) is 0 Å². The van der Waals surface area contributed by atoms with Crippen molar-refractivity contribution < 1.29 is 19.1 Å². The van der Waals surface area contributed by atoms with Crippen LogP contribution in [0.5, 0.6) is 0 Å². The number of ether oxygens (including phenoxy) is 1. The van der Waals surface area contributed by atoms with E-state index in [0.29, 0.717) is 16.1 Å². The summed E-state index contributed by atoms with van der Waals surface area (Å²) in [6, 6.07) is 8.05. The third-order valence-electron chi connectivity index (χ3n) is 4.74. The zero-order chi connectivity index (χ0) is 22.5. The molecule has 162 valence electrons. The van der Waals surface area contributed by atoms with Gasteiger partial charge in [-0.3, -0.25) is 19.0 Å². The Morgan fingerprint density at radius 2 is 2.00 bits per heavy atom. The molecule has 0 spiro atoms. The molecule has 0 bridgehead atoms. The van der Waals surface area contributed by atoms with Gasteiger partial charge in [0.05, 0.1) is 12.5 Å². The Morgan fingerprint density at radius 1 is 1.26 bits per heavy atom. The van der Waals surface area contributed by atoms with Crippen molar-refractivity contribution in [3.05, 3.63) is 69.4 Å². The lowest BCUT2D eigenvalue weighted by Gasteiger charge is -2.18. The summed E-state index contributed by atoms with van der Waals surface area (Å²) in [6.07, 6.45) is 1.56. The van der Waals surface area contributed by atoms with Crippen LogP contribution in [0.2, 0.25) is 5.02 Å². The SMILES string of the molecule is CC(=O)N[C@H](CC(=O)OCC(=O)c1cc(C)n(-c2nccs2)c1C)c1ccccc1Cl. The molecule has 0 aliphatic rings. The quantitative estimate of drug-likeness (QED) is 0.402. The van der Waals surface area contributed by atoms with Crippen molar-refractivity contribution in [1.29, 1.82) is 0 Å². The van der Waals surface area contributed by atoms with Crippen LogP contribution in [0.4, 0.5) is 0 Å². The first-order chi connectivity index (χ1) is 14.8. The van der Waals surface area contributed by atoms with Gasteiger partial charge in [0.15, 0.2) is 11.7 Å². The fourth-order valence-electron chi connectivity index (χ4n) is 3.36. The van der Waals surface area contributed by atoms with E-state index in [1.807, 2.05) is 23.8 Å². The Morgan fingerprint density at radius 3 is 2.65 bits per heavy atom. The number of rotatable bonds is 8. The summed E-state index contributed by atoms with van der Waals surface area (Å²) >= 11 is 7.67. The summed E-state index contributed by atoms with van der Waals surface area (Å²) in [6.45, 7) is 4.68. The van der Waals surface area contributed by atoms with E-state index < -0.39 is 18.6 Å². The number of hydrogen-bond acceptors (Lipinski definition) is 6. The number of nitrogens with zero attached hydrogens (tertiary/aromatic N) is 2. The molecule has 0 radical (unpaired) electrons. The maximum Gasteiger partial charge on any atom is 0.308 e. The van der Waals surface area contributed by atoms with Crippen LogP contribution < -0.4 is 5.32 Å². The van der Waals surface area contributed by atoms with Crippen molar-refractivity contribution in [1.82, 2.24) is 14.9 Å². The highest BCUT2D eigenvalue weighted by molar-refractivity contribution is 7.12. The van der Waals surface area contributed by atoms with E-state index in [4.69, 9.17) is 16.3 Å². The first kappa shape index (κ1) is 22.7. The summed E-state index contributed by atoms with van der Waals surface area (Å²) in [7, 11) is 0. The molecule has 2 heterocycles. The number of aryl methyl sites for hydroxylation is 1. The van der Waals surface area contributed by atoms with Crippen LogP contribution in [0, 0.1) is 13.8 Å². The number of carbonyl (C=O) groups is 3. The normalized spacial score (nSPS) is 11.7. The Kier molecular flexibility index (Phi) is 7.25. The first-order valence-corrected chi connectivity index (χ1v) is 10.8. The van der Waals surface area contributed by atoms with Crippen molar-refractivity contribution in [3.8, 4) is 5.13 Å². The van der Waals surface area contributed by atoms with Gasteiger partial charge in [-0.25, -0.2) is 4.98 Å². The molecule has 1 N–H and O–H groups in total. The van der Waals surface area contributed by atoms with Crippen LogP contribution in [-0.2, 0) is 14.3 Å². The highest BCUT2D eigenvalue weighted by Gasteiger charge is 2.22. The average molecular weight is 460 g/mol. The molecule has 7 nitrogen and oxygen atoms in total. The van der Waals surface area contributed by atoms with Gasteiger partial charge in [-0.2, -0.15) is 0 Å². The van der Waals surface area contributed by atoms with Crippen molar-refractivity contribution >= 4 is 40.6 Å². The second-order valence-corrected chi connectivity index (χ2v) is 8.28. The monoisotopic (exact) mass is 459 g/mol. The Labute approximate surface area is 189 Å². The van der Waals surface area contributed by atoms with Gasteiger partial charge < -0.3 is 10.1 Å². The number of carbonyl (C=O) groups excluding carboxylic acids is 3. The van der Waals surface area contributed by atoms with Crippen molar-refractivity contribution in [2.45, 2.75) is 33.2 Å². The summed E-state index contributed by atoms with van der Waals surface area (Å²) in [5.74, 6) is -1.22. The highest BCUT2D eigenvalue weighted by Crippen LogP contribution is 2.26. The largest absolute Gasteiger partial charge is 0.457 e. The third-order valence-corrected chi connectivity index (χ3v) is 5.84. The van der Waals surface area contributed by atoms with Crippen LogP contribution in [0.1, 0.15) is 46.7 Å². The van der Waals surface area contributed by atoms with Crippen LogP contribution in [0.25, 0.3) is 5.13 Å². The molecule has 2 aromatic heterocycles. The Bertz CT molecular complexity index is 1110. The minimum Gasteiger partial charge on any atom is -0.457 e. The molecule has 3 rings (SSSR count). The molecule has 0 unspecified atom stereocenters. The molecule has 1 aromatic carbocycles. The molecule has 1 atom stereocenters. The molecular weight excluding hydrogens is 438 g/mol. The second kappa shape index (κ2) is 9.89. The van der Waals surface area contributed by atoms with Gasteiger partial charge in [0.2, 0.25) is 11.7 Å². The number of thiazole rings is 1. The minimum absolute atomic E-state index is 0.144. The van der Waals surface area contributed by atoms with Gasteiger partial charge in [0, 0.05) is 40.5 Å².